The molecule has 2 aromatic carbocycles. The number of hydrogen-bond acceptors (Lipinski definition) is 8. The molecule has 46 heavy (non-hydrogen) atoms. The van der Waals surface area contributed by atoms with Gasteiger partial charge in [0.15, 0.2) is 5.82 Å². The molecule has 3 atom stereocenters. The molecule has 1 N–H and O–H groups in total. The zero-order valence-electron chi connectivity index (χ0n) is 26.3. The van der Waals surface area contributed by atoms with E-state index in [1.54, 1.807) is 0 Å². The summed E-state index contributed by atoms with van der Waals surface area (Å²) in [6, 6.07) is 5.60. The Bertz CT molecular complexity index is 1900. The van der Waals surface area contributed by atoms with Crippen LogP contribution >= 0.6 is 0 Å². The molecule has 2 aromatic heterocycles. The highest BCUT2D eigenvalue weighted by molar-refractivity contribution is 6.06. The number of aromatic hydroxyl groups is 1. The van der Waals surface area contributed by atoms with Gasteiger partial charge in [0.1, 0.15) is 47.2 Å². The molecule has 7 rings (SSSR count). The van der Waals surface area contributed by atoms with Crippen molar-refractivity contribution in [3.05, 3.63) is 41.5 Å². The number of anilines is 2. The highest BCUT2D eigenvalue weighted by Gasteiger charge is 2.49. The molecule has 8 nitrogen and oxygen atoms in total. The summed E-state index contributed by atoms with van der Waals surface area (Å²) in [5.41, 5.74) is -0.477. The molecule has 240 valence electrons. The van der Waals surface area contributed by atoms with E-state index in [4.69, 9.17) is 21.1 Å². The third kappa shape index (κ3) is 4.85. The predicted octanol–water partition coefficient (Wildman–Crippen LogP) is 6.21. The molecule has 2 saturated heterocycles. The van der Waals surface area contributed by atoms with Gasteiger partial charge in [0.05, 0.1) is 16.5 Å². The van der Waals surface area contributed by atoms with Gasteiger partial charge in [-0.05, 0) is 62.7 Å². The van der Waals surface area contributed by atoms with Gasteiger partial charge in [-0.15, -0.1) is 6.42 Å². The molecule has 2 fully saturated rings. The second-order valence-electron chi connectivity index (χ2n) is 12.9. The van der Waals surface area contributed by atoms with Crippen molar-refractivity contribution in [3.63, 3.8) is 0 Å². The Morgan fingerprint density at radius 2 is 1.96 bits per heavy atom. The van der Waals surface area contributed by atoms with E-state index in [0.29, 0.717) is 48.5 Å². The van der Waals surface area contributed by atoms with Crippen LogP contribution in [0.3, 0.4) is 0 Å². The van der Waals surface area contributed by atoms with Gasteiger partial charge in [0.2, 0.25) is 0 Å². The summed E-state index contributed by atoms with van der Waals surface area (Å²) in [6.07, 6.45) is 8.57. The monoisotopic (exact) mass is 630 g/mol. The first-order chi connectivity index (χ1) is 22.1. The van der Waals surface area contributed by atoms with Crippen LogP contribution in [0.25, 0.3) is 32.9 Å². The number of aromatic nitrogens is 3. The molecule has 0 aliphatic carbocycles. The van der Waals surface area contributed by atoms with Gasteiger partial charge in [-0.2, -0.15) is 9.97 Å². The normalized spacial score (nSPS) is 23.1. The highest BCUT2D eigenvalue weighted by atomic mass is 19.1. The number of hydrogen-bond donors (Lipinski definition) is 1. The SMILES string of the molecule is C#Cc1c(F)ccc2cc(O)cc(-c3nc4c5c(nc(OC[C@@]67CCCN6C[C@H](F)C7)nc5c3F)N(CCC)[C@@H](C)CCN4C)c12. The lowest BCUT2D eigenvalue weighted by atomic mass is 9.95. The maximum atomic E-state index is 17.1. The van der Waals surface area contributed by atoms with Crippen molar-refractivity contribution in [1.29, 1.82) is 0 Å². The van der Waals surface area contributed by atoms with Crippen LogP contribution in [-0.2, 0) is 0 Å². The standard InChI is InChI=1S/C35H37F3N6O2/c1-5-12-44-20(3)10-14-42(4)32-28-31(40-34(41-33(28)44)46-19-35-11-7-13-43(35)18-22(36)17-35)29(38)30(39-32)25-16-23(45)15-21-8-9-26(37)24(6-2)27(21)25/h2,8-9,15-16,20,22,45H,5,7,10-14,17-19H2,1,3-4H3/t20-,22+,35-/m0/s1. The van der Waals surface area contributed by atoms with Crippen LogP contribution in [0.4, 0.5) is 24.8 Å². The number of benzene rings is 2. The van der Waals surface area contributed by atoms with Crippen LogP contribution in [0.1, 0.15) is 51.5 Å². The molecule has 0 bridgehead atoms. The van der Waals surface area contributed by atoms with E-state index >= 15 is 4.39 Å². The molecule has 3 aliphatic heterocycles. The third-order valence-corrected chi connectivity index (χ3v) is 9.92. The first kappa shape index (κ1) is 30.4. The Kier molecular flexibility index (Phi) is 7.59. The number of phenolic OH excluding ortho intramolecular Hbond substituents is 1. The van der Waals surface area contributed by atoms with E-state index in [0.717, 1.165) is 32.2 Å². The topological polar surface area (TPSA) is 77.8 Å². The molecule has 5 heterocycles. The lowest BCUT2D eigenvalue weighted by Crippen LogP contribution is -2.43. The lowest BCUT2D eigenvalue weighted by Gasteiger charge is -2.36. The van der Waals surface area contributed by atoms with Gasteiger partial charge in [-0.25, -0.2) is 18.2 Å². The minimum atomic E-state index is -0.922. The van der Waals surface area contributed by atoms with Crippen LogP contribution in [0.2, 0.25) is 0 Å². The fourth-order valence-corrected chi connectivity index (χ4v) is 7.66. The Hall–Kier alpha value is -4.30. The molecular formula is C35H37F3N6O2. The van der Waals surface area contributed by atoms with Crippen LogP contribution in [0.15, 0.2) is 24.3 Å². The summed E-state index contributed by atoms with van der Waals surface area (Å²) < 4.78 is 52.9. The van der Waals surface area contributed by atoms with E-state index in [9.17, 15) is 13.9 Å². The van der Waals surface area contributed by atoms with E-state index in [2.05, 4.69) is 34.6 Å². The zero-order chi connectivity index (χ0) is 32.3. The number of terminal acetylenes is 1. The number of alkyl halides is 1. The first-order valence-corrected chi connectivity index (χ1v) is 16.0. The van der Waals surface area contributed by atoms with Crippen molar-refractivity contribution in [3.8, 4) is 35.4 Å². The summed E-state index contributed by atoms with van der Waals surface area (Å²) in [6.45, 7) is 6.87. The quantitative estimate of drug-likeness (QED) is 0.252. The Morgan fingerprint density at radius 3 is 2.74 bits per heavy atom. The van der Waals surface area contributed by atoms with Crippen molar-refractivity contribution in [1.82, 2.24) is 19.9 Å². The molecule has 0 radical (unpaired) electrons. The molecule has 0 unspecified atom stereocenters. The van der Waals surface area contributed by atoms with Crippen LogP contribution in [-0.4, -0.2) is 82.5 Å². The smallest absolute Gasteiger partial charge is 0.319 e. The number of phenols is 1. The summed E-state index contributed by atoms with van der Waals surface area (Å²) in [7, 11) is 1.88. The molecular weight excluding hydrogens is 593 g/mol. The van der Waals surface area contributed by atoms with E-state index in [-0.39, 0.29) is 52.1 Å². The molecule has 3 aliphatic rings. The Morgan fingerprint density at radius 1 is 1.13 bits per heavy atom. The summed E-state index contributed by atoms with van der Waals surface area (Å²) in [4.78, 5) is 20.6. The Labute approximate surface area is 266 Å². The van der Waals surface area contributed by atoms with Crippen LogP contribution in [0, 0.1) is 24.0 Å². The maximum absolute atomic E-state index is 17.1. The largest absolute Gasteiger partial charge is 0.508 e. The van der Waals surface area contributed by atoms with E-state index < -0.39 is 23.3 Å². The highest BCUT2D eigenvalue weighted by Crippen LogP contribution is 2.44. The van der Waals surface area contributed by atoms with Crippen LogP contribution < -0.4 is 14.5 Å². The number of nitrogens with zero attached hydrogens (tertiary/aromatic N) is 6. The summed E-state index contributed by atoms with van der Waals surface area (Å²) in [5.74, 6) is 1.81. The first-order valence-electron chi connectivity index (χ1n) is 16.0. The molecule has 0 spiro atoms. The van der Waals surface area contributed by atoms with Crippen molar-refractivity contribution < 1.29 is 23.0 Å². The van der Waals surface area contributed by atoms with Gasteiger partial charge >= 0.3 is 6.01 Å². The van der Waals surface area contributed by atoms with Crippen molar-refractivity contribution in [2.45, 2.75) is 63.7 Å². The number of ether oxygens (including phenoxy) is 1. The van der Waals surface area contributed by atoms with Crippen molar-refractivity contribution in [2.75, 3.05) is 49.6 Å². The fraction of sp³-hybridized carbons (Fsp3) is 0.457. The second-order valence-corrected chi connectivity index (χ2v) is 12.9. The van der Waals surface area contributed by atoms with E-state index in [1.807, 2.05) is 11.9 Å². The zero-order valence-corrected chi connectivity index (χ0v) is 26.3. The number of fused-ring (bicyclic) bond motifs is 2. The van der Waals surface area contributed by atoms with Gasteiger partial charge in [0, 0.05) is 50.1 Å². The van der Waals surface area contributed by atoms with Gasteiger partial charge in [0.25, 0.3) is 0 Å². The maximum Gasteiger partial charge on any atom is 0.319 e. The number of rotatable bonds is 6. The number of pyridine rings is 1. The van der Waals surface area contributed by atoms with Gasteiger partial charge in [-0.1, -0.05) is 18.9 Å². The second kappa shape index (κ2) is 11.5. The third-order valence-electron chi connectivity index (χ3n) is 9.92. The summed E-state index contributed by atoms with van der Waals surface area (Å²) in [5, 5.41) is 11.8. The van der Waals surface area contributed by atoms with Gasteiger partial charge < -0.3 is 19.6 Å². The van der Waals surface area contributed by atoms with Crippen molar-refractivity contribution in [2.24, 2.45) is 0 Å². The molecule has 4 aromatic rings. The average molecular weight is 631 g/mol. The number of halogens is 3. The minimum absolute atomic E-state index is 0.000637. The van der Waals surface area contributed by atoms with Gasteiger partial charge in [-0.3, -0.25) is 4.90 Å². The predicted molar refractivity (Wildman–Crippen MR) is 173 cm³/mol. The van der Waals surface area contributed by atoms with Crippen molar-refractivity contribution >= 4 is 33.3 Å². The Balaban J connectivity index is 1.48. The van der Waals surface area contributed by atoms with E-state index in [1.165, 1.54) is 24.3 Å². The fourth-order valence-electron chi connectivity index (χ4n) is 7.66. The molecule has 0 amide bonds. The lowest BCUT2D eigenvalue weighted by molar-refractivity contribution is 0.107. The minimum Gasteiger partial charge on any atom is -0.508 e. The molecule has 0 saturated carbocycles. The average Bonchev–Trinajstić information content (AvgIpc) is 3.56. The summed E-state index contributed by atoms with van der Waals surface area (Å²) >= 11 is 0. The van der Waals surface area contributed by atoms with Crippen LogP contribution in [0.5, 0.6) is 11.8 Å². The molecule has 11 heteroatoms.